The molecule has 105 valence electrons. The second-order valence-electron chi connectivity index (χ2n) is 3.77. The minimum atomic E-state index is -5.79. The zero-order chi connectivity index (χ0) is 13.7. The van der Waals surface area contributed by atoms with Crippen molar-refractivity contribution in [3.8, 4) is 0 Å². The van der Waals surface area contributed by atoms with Gasteiger partial charge in [-0.25, -0.2) is 12.2 Å². The summed E-state index contributed by atoms with van der Waals surface area (Å²) in [6.45, 7) is 0. The van der Waals surface area contributed by atoms with E-state index in [9.17, 15) is 11.7 Å². The maximum Gasteiger partial charge on any atom is -0.0591 e. The fourth-order valence-corrected chi connectivity index (χ4v) is 1.36. The summed E-state index contributed by atoms with van der Waals surface area (Å²) in [7, 11) is -5.79. The van der Waals surface area contributed by atoms with Crippen LogP contribution in [0.3, 0.4) is 0 Å². The largest absolute Gasteiger partial charge is 0.269 e. The summed E-state index contributed by atoms with van der Waals surface area (Å²) in [5.41, 5.74) is 1.23. The molecule has 1 aliphatic rings. The molecular weight excluding hydrogens is 309 g/mol. The first-order chi connectivity index (χ1) is 8.20. The predicted molar refractivity (Wildman–Crippen MR) is 66.4 cm³/mol. The van der Waals surface area contributed by atoms with Crippen LogP contribution in [-0.4, -0.2) is 6.26 Å². The first kappa shape index (κ1) is 15.4. The fraction of sp³-hybridized carbons (Fsp3) is 0.231. The Labute approximate surface area is 113 Å². The fourth-order valence-electron chi connectivity index (χ4n) is 1.36. The van der Waals surface area contributed by atoms with Crippen LogP contribution in [0.1, 0.15) is 17.9 Å². The van der Waals surface area contributed by atoms with E-state index in [0.29, 0.717) is 5.92 Å². The van der Waals surface area contributed by atoms with Gasteiger partial charge in [0.2, 0.25) is 0 Å². The molecule has 18 heavy (non-hydrogen) atoms. The number of hydrogen-bond donors (Lipinski definition) is 0. The predicted octanol–water partition coefficient (Wildman–Crippen LogP) is 4.96. The number of hydrogen-bond acceptors (Lipinski definition) is 0. The van der Waals surface area contributed by atoms with Crippen LogP contribution in [0.5, 0.6) is 0 Å². The van der Waals surface area contributed by atoms with Gasteiger partial charge in [0, 0.05) is 0 Å². The van der Waals surface area contributed by atoms with E-state index in [1.165, 1.54) is 5.56 Å². The van der Waals surface area contributed by atoms with Crippen molar-refractivity contribution in [2.75, 3.05) is 6.26 Å². The van der Waals surface area contributed by atoms with Crippen LogP contribution < -0.4 is 0 Å². The van der Waals surface area contributed by atoms with Gasteiger partial charge in [-0.1, -0.05) is 12.3 Å². The topological polar surface area (TPSA) is 0 Å². The van der Waals surface area contributed by atoms with Crippen molar-refractivity contribution in [1.82, 2.24) is 0 Å². The van der Waals surface area contributed by atoms with Crippen LogP contribution in [0.25, 0.3) is 0 Å². The quantitative estimate of drug-likeness (QED) is 0.506. The molecule has 0 N–H and O–H groups in total. The van der Waals surface area contributed by atoms with E-state index in [4.69, 9.17) is 0 Å². The number of rotatable bonds is 1. The normalized spacial score (nSPS) is 20.6. The minimum Gasteiger partial charge on any atom is -0.269 e. The Morgan fingerprint density at radius 2 is 2.00 bits per heavy atom. The van der Waals surface area contributed by atoms with E-state index in [1.54, 1.807) is 0 Å². The summed E-state index contributed by atoms with van der Waals surface area (Å²) in [6.07, 6.45) is 10.7. The van der Waals surface area contributed by atoms with E-state index >= 15 is 0 Å². The van der Waals surface area contributed by atoms with Crippen molar-refractivity contribution in [2.24, 2.45) is 0 Å². The molecule has 1 aromatic carbocycles. The second-order valence-corrected chi connectivity index (χ2v) is 8.03. The van der Waals surface area contributed by atoms with Gasteiger partial charge in [0.05, 0.1) is 0 Å². The summed E-state index contributed by atoms with van der Waals surface area (Å²) < 4.78 is 32.9. The molecule has 1 atom stereocenters. The van der Waals surface area contributed by atoms with Crippen molar-refractivity contribution in [2.45, 2.75) is 12.3 Å². The summed E-state index contributed by atoms with van der Waals surface area (Å²) >= 11 is 3.28. The summed E-state index contributed by atoms with van der Waals surface area (Å²) in [4.78, 5) is 0. The SMILES string of the molecule is C[S](F)(F)(F)=[Cu].[C-]1=CC=CCC1c1[c-]cccc1. The zero-order valence-electron chi connectivity index (χ0n) is 9.67. The van der Waals surface area contributed by atoms with Crippen LogP contribution in [0.4, 0.5) is 11.7 Å². The molecule has 5 heteroatoms. The third-order valence-corrected chi connectivity index (χ3v) is 2.01. The molecule has 0 aliphatic heterocycles. The molecule has 0 bridgehead atoms. The Balaban J connectivity index is 0.000000232. The van der Waals surface area contributed by atoms with E-state index in [-0.39, 0.29) is 6.26 Å². The molecule has 0 amide bonds. The Morgan fingerprint density at radius 1 is 1.33 bits per heavy atom. The molecule has 0 nitrogen and oxygen atoms in total. The molecule has 1 aliphatic carbocycles. The van der Waals surface area contributed by atoms with Crippen LogP contribution in [0, 0.1) is 12.1 Å². The van der Waals surface area contributed by atoms with Crippen molar-refractivity contribution in [3.63, 3.8) is 0 Å². The Bertz CT molecular complexity index is 479. The van der Waals surface area contributed by atoms with Crippen molar-refractivity contribution < 1.29 is 26.0 Å². The maximum atomic E-state index is 11.0. The molecule has 0 spiro atoms. The third kappa shape index (κ3) is 8.45. The Hall–Kier alpha value is -0.641. The van der Waals surface area contributed by atoms with Crippen molar-refractivity contribution in [3.05, 3.63) is 60.2 Å². The first-order valence-electron chi connectivity index (χ1n) is 5.17. The average Bonchev–Trinajstić information content (AvgIpc) is 2.28. The van der Waals surface area contributed by atoms with Gasteiger partial charge in [-0.3, -0.25) is 6.08 Å². The van der Waals surface area contributed by atoms with E-state index in [2.05, 4.69) is 38.7 Å². The van der Waals surface area contributed by atoms with Gasteiger partial charge < -0.3 is 0 Å². The summed E-state index contributed by atoms with van der Waals surface area (Å²) in [5.74, 6) is 0.413. The molecule has 2 rings (SSSR count). The third-order valence-electron chi connectivity index (χ3n) is 2.01. The van der Waals surface area contributed by atoms with Gasteiger partial charge in [-0.2, -0.15) is 42.0 Å². The summed E-state index contributed by atoms with van der Waals surface area (Å²) in [6, 6.07) is 11.3. The molecule has 0 fully saturated rings. The van der Waals surface area contributed by atoms with E-state index in [1.807, 2.05) is 30.4 Å². The molecule has 0 aromatic heterocycles. The molecular formula is C13H13CuF3S-2. The maximum absolute atomic E-state index is 11.0. The Morgan fingerprint density at radius 3 is 2.44 bits per heavy atom. The van der Waals surface area contributed by atoms with Gasteiger partial charge in [0.1, 0.15) is 0 Å². The molecule has 0 saturated heterocycles. The number of allylic oxidation sites excluding steroid dienone is 4. The van der Waals surface area contributed by atoms with Crippen LogP contribution in [-0.2, 0) is 14.4 Å². The molecule has 0 saturated carbocycles. The smallest absolute Gasteiger partial charge is 0.0591 e. The molecule has 0 heterocycles. The minimum absolute atomic E-state index is 0.122. The standard InChI is InChI=1S/C12H10.CH3F3S.Cu/c1-3-7-11(8-4-1)12-9-5-2-6-10-12;1-5(2,3)4;/h1-7,12H,9H2;1H3;/q-2;;. The van der Waals surface area contributed by atoms with Gasteiger partial charge in [-0.15, -0.1) is 0 Å². The molecule has 1 aromatic rings. The Kier molecular flexibility index (Phi) is 5.14. The monoisotopic (exact) mass is 321 g/mol. The van der Waals surface area contributed by atoms with Crippen LogP contribution >= 0.6 is 8.24 Å². The molecule has 1 unspecified atom stereocenters. The van der Waals surface area contributed by atoms with Gasteiger partial charge in [-0.05, 0) is 0 Å². The van der Waals surface area contributed by atoms with E-state index in [0.717, 1.165) is 6.42 Å². The number of benzene rings is 1. The van der Waals surface area contributed by atoms with Gasteiger partial charge in [0.25, 0.3) is 0 Å². The average molecular weight is 322 g/mol. The first-order valence-corrected chi connectivity index (χ1v) is 8.31. The number of halogens is 3. The van der Waals surface area contributed by atoms with Crippen molar-refractivity contribution in [1.29, 1.82) is 0 Å². The second kappa shape index (κ2) is 6.00. The molecule has 0 radical (unpaired) electrons. The van der Waals surface area contributed by atoms with Crippen LogP contribution in [0.15, 0.2) is 42.5 Å². The zero-order valence-corrected chi connectivity index (χ0v) is 11.4. The van der Waals surface area contributed by atoms with Gasteiger partial charge in [0.15, 0.2) is 0 Å². The van der Waals surface area contributed by atoms with Gasteiger partial charge >= 0.3 is 40.5 Å². The van der Waals surface area contributed by atoms with Crippen LogP contribution in [0.2, 0.25) is 0 Å². The van der Waals surface area contributed by atoms with Crippen molar-refractivity contribution >= 4 is 8.24 Å². The van der Waals surface area contributed by atoms with E-state index < -0.39 is 8.24 Å². The summed E-state index contributed by atoms with van der Waals surface area (Å²) in [5, 5.41) is 0.